The van der Waals surface area contributed by atoms with Crippen LogP contribution < -0.4 is 5.32 Å². The van der Waals surface area contributed by atoms with Gasteiger partial charge in [-0.05, 0) is 73.9 Å². The van der Waals surface area contributed by atoms with Gasteiger partial charge >= 0.3 is 0 Å². The van der Waals surface area contributed by atoms with Crippen molar-refractivity contribution in [3.05, 3.63) is 30.9 Å². The van der Waals surface area contributed by atoms with Crippen LogP contribution in [0.2, 0.25) is 0 Å². The second kappa shape index (κ2) is 9.55. The minimum absolute atomic E-state index is 0.0414. The first kappa shape index (κ1) is 21.4. The maximum atomic E-state index is 13.0. The number of hydrogen-bond donors (Lipinski definition) is 1. The zero-order valence-corrected chi connectivity index (χ0v) is 18.5. The van der Waals surface area contributed by atoms with E-state index < -0.39 is 0 Å². The molecule has 1 fully saturated rings. The van der Waals surface area contributed by atoms with Gasteiger partial charge in [0.15, 0.2) is 0 Å². The number of hydrogen-bond acceptors (Lipinski definition) is 6. The van der Waals surface area contributed by atoms with Crippen molar-refractivity contribution < 1.29 is 4.79 Å². The fourth-order valence-electron chi connectivity index (χ4n) is 4.71. The van der Waals surface area contributed by atoms with Crippen molar-refractivity contribution in [3.63, 3.8) is 0 Å². The van der Waals surface area contributed by atoms with Gasteiger partial charge in [-0.1, -0.05) is 19.3 Å². The Morgan fingerprint density at radius 2 is 2.03 bits per heavy atom. The highest BCUT2D eigenvalue weighted by Crippen LogP contribution is 2.41. The number of carbonyl (C=O) groups is 1. The Bertz CT molecular complexity index is 988. The molecule has 2 heterocycles. The highest BCUT2D eigenvalue weighted by molar-refractivity contribution is 5.93. The number of aryl methyl sites for hydroxylation is 1. The van der Waals surface area contributed by atoms with Gasteiger partial charge in [0.1, 0.15) is 6.33 Å². The summed E-state index contributed by atoms with van der Waals surface area (Å²) in [5, 5.41) is 14.6. The first-order valence-corrected chi connectivity index (χ1v) is 11.1. The van der Waals surface area contributed by atoms with Crippen molar-refractivity contribution in [3.8, 4) is 0 Å². The van der Waals surface area contributed by atoms with Crippen LogP contribution in [0.25, 0.3) is 11.0 Å². The third kappa shape index (κ3) is 5.46. The van der Waals surface area contributed by atoms with Crippen LogP contribution in [0.3, 0.4) is 0 Å². The first-order chi connectivity index (χ1) is 15.0. The van der Waals surface area contributed by atoms with Crippen LogP contribution in [-0.2, 0) is 17.9 Å². The molecular formula is C22H32N8O. The molecular weight excluding hydrogens is 392 g/mol. The van der Waals surface area contributed by atoms with Gasteiger partial charge in [-0.3, -0.25) is 4.79 Å². The molecule has 31 heavy (non-hydrogen) atoms. The highest BCUT2D eigenvalue weighted by atomic mass is 16.1. The number of fused-ring (bicyclic) bond motifs is 1. The SMILES string of the molecule is CN(C)CCCn1cnc2cc(NC(=O)CC3(Cn4cnnn4)CCCCC3)ccc21. The van der Waals surface area contributed by atoms with E-state index in [1.807, 2.05) is 24.5 Å². The molecule has 0 spiro atoms. The van der Waals surface area contributed by atoms with E-state index in [4.69, 9.17) is 0 Å². The minimum atomic E-state index is -0.0875. The van der Waals surface area contributed by atoms with Crippen molar-refractivity contribution in [1.29, 1.82) is 0 Å². The predicted octanol–water partition coefficient (Wildman–Crippen LogP) is 2.95. The van der Waals surface area contributed by atoms with E-state index in [1.165, 1.54) is 6.42 Å². The van der Waals surface area contributed by atoms with Gasteiger partial charge in [0.25, 0.3) is 0 Å². The van der Waals surface area contributed by atoms with Crippen LogP contribution in [0.4, 0.5) is 5.69 Å². The number of nitrogens with one attached hydrogen (secondary N) is 1. The van der Waals surface area contributed by atoms with E-state index in [0.29, 0.717) is 13.0 Å². The number of carbonyl (C=O) groups excluding carboxylic acids is 1. The third-order valence-electron chi connectivity index (χ3n) is 6.25. The summed E-state index contributed by atoms with van der Waals surface area (Å²) in [6.07, 6.45) is 10.6. The van der Waals surface area contributed by atoms with Crippen molar-refractivity contribution >= 4 is 22.6 Å². The molecule has 2 aromatic heterocycles. The van der Waals surface area contributed by atoms with Gasteiger partial charge < -0.3 is 14.8 Å². The number of anilines is 1. The third-order valence-corrected chi connectivity index (χ3v) is 6.25. The summed E-state index contributed by atoms with van der Waals surface area (Å²) in [5.74, 6) is 0.0414. The Morgan fingerprint density at radius 3 is 2.77 bits per heavy atom. The average molecular weight is 425 g/mol. The van der Waals surface area contributed by atoms with Gasteiger partial charge in [-0.15, -0.1) is 5.10 Å². The van der Waals surface area contributed by atoms with Gasteiger partial charge in [0.2, 0.25) is 5.91 Å². The molecule has 0 atom stereocenters. The molecule has 0 aliphatic heterocycles. The predicted molar refractivity (Wildman–Crippen MR) is 119 cm³/mol. The lowest BCUT2D eigenvalue weighted by molar-refractivity contribution is -0.119. The Kier molecular flexibility index (Phi) is 6.60. The van der Waals surface area contributed by atoms with Crippen LogP contribution in [-0.4, -0.2) is 61.2 Å². The highest BCUT2D eigenvalue weighted by Gasteiger charge is 2.35. The second-order valence-corrected chi connectivity index (χ2v) is 9.09. The van der Waals surface area contributed by atoms with Gasteiger partial charge in [0, 0.05) is 18.7 Å². The Labute approximate surface area is 182 Å². The average Bonchev–Trinajstić information content (AvgIpc) is 3.38. The number of benzene rings is 1. The zero-order chi connectivity index (χ0) is 21.7. The lowest BCUT2D eigenvalue weighted by atomic mass is 9.71. The molecule has 1 aromatic carbocycles. The van der Waals surface area contributed by atoms with Crippen LogP contribution in [0, 0.1) is 5.41 Å². The van der Waals surface area contributed by atoms with Crippen molar-refractivity contribution in [1.82, 2.24) is 34.7 Å². The van der Waals surface area contributed by atoms with Crippen LogP contribution in [0.5, 0.6) is 0 Å². The zero-order valence-electron chi connectivity index (χ0n) is 18.5. The molecule has 166 valence electrons. The molecule has 0 radical (unpaired) electrons. The number of aromatic nitrogens is 6. The molecule has 0 unspecified atom stereocenters. The van der Waals surface area contributed by atoms with E-state index in [2.05, 4.69) is 49.4 Å². The molecule has 9 heteroatoms. The summed E-state index contributed by atoms with van der Waals surface area (Å²) in [6.45, 7) is 2.66. The van der Waals surface area contributed by atoms with Crippen LogP contribution in [0.15, 0.2) is 30.9 Å². The summed E-state index contributed by atoms with van der Waals surface area (Å²) >= 11 is 0. The summed E-state index contributed by atoms with van der Waals surface area (Å²) < 4.78 is 3.93. The normalized spacial score (nSPS) is 16.1. The van der Waals surface area contributed by atoms with Gasteiger partial charge in [-0.2, -0.15) is 0 Å². The molecule has 3 aromatic rings. The molecule has 0 saturated heterocycles. The van der Waals surface area contributed by atoms with E-state index in [-0.39, 0.29) is 11.3 Å². The molecule has 9 nitrogen and oxygen atoms in total. The Hall–Kier alpha value is -2.81. The van der Waals surface area contributed by atoms with E-state index in [0.717, 1.165) is 61.9 Å². The summed E-state index contributed by atoms with van der Waals surface area (Å²) in [6, 6.07) is 5.98. The minimum Gasteiger partial charge on any atom is -0.331 e. The van der Waals surface area contributed by atoms with Gasteiger partial charge in [0.05, 0.1) is 23.9 Å². The molecule has 1 amide bonds. The number of nitrogens with zero attached hydrogens (tertiary/aromatic N) is 7. The van der Waals surface area contributed by atoms with E-state index >= 15 is 0 Å². The number of tetrazole rings is 1. The van der Waals surface area contributed by atoms with E-state index in [9.17, 15) is 4.79 Å². The quantitative estimate of drug-likeness (QED) is 0.568. The fourth-order valence-corrected chi connectivity index (χ4v) is 4.71. The summed E-state index contributed by atoms with van der Waals surface area (Å²) in [4.78, 5) is 19.7. The first-order valence-electron chi connectivity index (χ1n) is 11.1. The van der Waals surface area contributed by atoms with Gasteiger partial charge in [-0.25, -0.2) is 9.67 Å². The Morgan fingerprint density at radius 1 is 1.19 bits per heavy atom. The molecule has 0 bridgehead atoms. The lowest BCUT2D eigenvalue weighted by Crippen LogP contribution is -2.34. The van der Waals surface area contributed by atoms with Crippen molar-refractivity contribution in [2.75, 3.05) is 26.0 Å². The van der Waals surface area contributed by atoms with Crippen molar-refractivity contribution in [2.24, 2.45) is 5.41 Å². The second-order valence-electron chi connectivity index (χ2n) is 9.09. The monoisotopic (exact) mass is 424 g/mol. The van der Waals surface area contributed by atoms with E-state index in [1.54, 1.807) is 11.0 Å². The fraction of sp³-hybridized carbons (Fsp3) is 0.591. The topological polar surface area (TPSA) is 93.8 Å². The molecule has 1 saturated carbocycles. The maximum Gasteiger partial charge on any atom is 0.225 e. The standard InChI is InChI=1S/C22H32N8O/c1-28(2)11-6-12-29-16-23-19-13-18(7-8-20(19)29)25-21(31)14-22(9-4-3-5-10-22)15-30-17-24-26-27-30/h7-8,13,16-17H,3-6,9-12,14-15H2,1-2H3,(H,25,31). The summed E-state index contributed by atoms with van der Waals surface area (Å²) in [5.41, 5.74) is 2.71. The molecule has 1 aliphatic rings. The maximum absolute atomic E-state index is 13.0. The molecule has 1 aliphatic carbocycles. The largest absolute Gasteiger partial charge is 0.331 e. The summed E-state index contributed by atoms with van der Waals surface area (Å²) in [7, 11) is 4.17. The van der Waals surface area contributed by atoms with Crippen molar-refractivity contribution in [2.45, 2.75) is 58.0 Å². The molecule has 4 rings (SSSR count). The van der Waals surface area contributed by atoms with Crippen LogP contribution in [0.1, 0.15) is 44.9 Å². The molecule has 1 N–H and O–H groups in total. The lowest BCUT2D eigenvalue weighted by Gasteiger charge is -2.36. The smallest absolute Gasteiger partial charge is 0.225 e. The van der Waals surface area contributed by atoms with Crippen LogP contribution >= 0.6 is 0 Å². The number of amides is 1. The Balaban J connectivity index is 1.41. The number of rotatable bonds is 9. The number of imidazole rings is 1.